The van der Waals surface area contributed by atoms with Crippen LogP contribution in [-0.4, -0.2) is 62.5 Å². The smallest absolute Gasteiger partial charge is 0.484 e. The van der Waals surface area contributed by atoms with Crippen LogP contribution in [0.3, 0.4) is 0 Å². The highest BCUT2D eigenvalue weighted by Crippen LogP contribution is 2.17. The van der Waals surface area contributed by atoms with E-state index in [1.807, 2.05) is 0 Å². The molecule has 32 heavy (non-hydrogen) atoms. The second kappa shape index (κ2) is 12.6. The molecule has 1 aliphatic heterocycles. The van der Waals surface area contributed by atoms with Crippen LogP contribution < -0.4 is 15.4 Å². The molecule has 178 valence electrons. The maximum Gasteiger partial charge on any atom is 0.522 e. The Morgan fingerprint density at radius 2 is 1.88 bits per heavy atom. The van der Waals surface area contributed by atoms with Crippen molar-refractivity contribution in [1.82, 2.24) is 10.6 Å². The maximum atomic E-state index is 12.1. The number of ketones is 1. The first-order chi connectivity index (χ1) is 15.1. The number of Topliss-reactive ketones (excluding diaryl/α,β-unsaturated/α-hetero) is 1. The van der Waals surface area contributed by atoms with E-state index in [1.54, 1.807) is 24.3 Å². The molecule has 0 aromatic heterocycles. The number of rotatable bonds is 11. The molecule has 2 rings (SSSR count). The van der Waals surface area contributed by atoms with Gasteiger partial charge in [0.05, 0.1) is 25.8 Å². The van der Waals surface area contributed by atoms with Crippen molar-refractivity contribution in [3.8, 4) is 5.75 Å². The fourth-order valence-corrected chi connectivity index (χ4v) is 2.99. The van der Waals surface area contributed by atoms with E-state index in [4.69, 9.17) is 21.1 Å². The predicted molar refractivity (Wildman–Crippen MR) is 107 cm³/mol. The summed E-state index contributed by atoms with van der Waals surface area (Å²) in [5.41, 5.74) is 0. The molecule has 0 saturated carbocycles. The van der Waals surface area contributed by atoms with Gasteiger partial charge in [0.25, 0.3) is 5.91 Å². The van der Waals surface area contributed by atoms with Gasteiger partial charge in [-0.15, -0.1) is 13.2 Å². The summed E-state index contributed by atoms with van der Waals surface area (Å²) >= 11 is 5.78. The fourth-order valence-electron chi connectivity index (χ4n) is 2.87. The van der Waals surface area contributed by atoms with Gasteiger partial charge in [0.1, 0.15) is 11.9 Å². The van der Waals surface area contributed by atoms with Crippen LogP contribution in [0.25, 0.3) is 0 Å². The third-order valence-corrected chi connectivity index (χ3v) is 4.69. The number of hydrogen-bond acceptors (Lipinski definition) is 6. The first-order valence-corrected chi connectivity index (χ1v) is 10.3. The third kappa shape index (κ3) is 10.3. The molecule has 0 bridgehead atoms. The molecule has 1 heterocycles. The number of amides is 2. The average Bonchev–Trinajstić information content (AvgIpc) is 2.74. The van der Waals surface area contributed by atoms with Crippen molar-refractivity contribution in [3.63, 3.8) is 0 Å². The van der Waals surface area contributed by atoms with E-state index < -0.39 is 30.8 Å². The molecule has 1 aromatic rings. The van der Waals surface area contributed by atoms with Crippen LogP contribution in [0.1, 0.15) is 25.7 Å². The molecule has 1 aromatic carbocycles. The first kappa shape index (κ1) is 25.9. The Labute approximate surface area is 187 Å². The number of alkyl halides is 3. The molecule has 1 aliphatic rings. The summed E-state index contributed by atoms with van der Waals surface area (Å²) in [5.74, 6) is -0.730. The van der Waals surface area contributed by atoms with Gasteiger partial charge in [0.2, 0.25) is 5.91 Å². The number of ether oxygens (including phenoxy) is 3. The lowest BCUT2D eigenvalue weighted by Crippen LogP contribution is -2.48. The van der Waals surface area contributed by atoms with E-state index in [-0.39, 0.29) is 44.5 Å². The van der Waals surface area contributed by atoms with Gasteiger partial charge in [0.15, 0.2) is 12.4 Å². The van der Waals surface area contributed by atoms with Crippen LogP contribution in [0.5, 0.6) is 5.75 Å². The highest BCUT2D eigenvalue weighted by atomic mass is 35.5. The fraction of sp³-hybridized carbons (Fsp3) is 0.550. The molecule has 1 fully saturated rings. The minimum atomic E-state index is -4.73. The molecule has 0 spiro atoms. The van der Waals surface area contributed by atoms with Crippen LogP contribution >= 0.6 is 11.6 Å². The topological polar surface area (TPSA) is 103 Å². The summed E-state index contributed by atoms with van der Waals surface area (Å²) in [5, 5.41) is 5.73. The molecule has 0 aliphatic carbocycles. The van der Waals surface area contributed by atoms with Gasteiger partial charge in [-0.3, -0.25) is 19.1 Å². The lowest BCUT2D eigenvalue weighted by Gasteiger charge is -2.28. The molecule has 0 unspecified atom stereocenters. The van der Waals surface area contributed by atoms with Crippen LogP contribution in [0.15, 0.2) is 24.3 Å². The first-order valence-electron chi connectivity index (χ1n) is 9.92. The van der Waals surface area contributed by atoms with Gasteiger partial charge < -0.3 is 20.1 Å². The Morgan fingerprint density at radius 1 is 1.16 bits per heavy atom. The third-order valence-electron chi connectivity index (χ3n) is 4.44. The standard InChI is InChI=1S/C20H24ClF3N2O6/c21-13-3-6-16(7-4-13)30-12-18(28)26-14-5-8-17(31-11-14)19(29)25-10-15(27)2-1-9-32-20(22,23)24/h3-4,6-7,14,17H,1-2,5,8-12H2,(H,25,29)(H,26,28)/t14-,17+/m1/s1. The van der Waals surface area contributed by atoms with Crippen molar-refractivity contribution in [1.29, 1.82) is 0 Å². The number of carbonyl (C=O) groups is 3. The molecular weight excluding hydrogens is 457 g/mol. The Morgan fingerprint density at radius 3 is 2.50 bits per heavy atom. The van der Waals surface area contributed by atoms with E-state index in [0.29, 0.717) is 23.6 Å². The lowest BCUT2D eigenvalue weighted by molar-refractivity contribution is -0.324. The summed E-state index contributed by atoms with van der Waals surface area (Å²) in [7, 11) is 0. The van der Waals surface area contributed by atoms with E-state index >= 15 is 0 Å². The van der Waals surface area contributed by atoms with Gasteiger partial charge >= 0.3 is 6.36 Å². The van der Waals surface area contributed by atoms with E-state index in [0.717, 1.165) is 0 Å². The van der Waals surface area contributed by atoms with Crippen molar-refractivity contribution in [2.24, 2.45) is 0 Å². The van der Waals surface area contributed by atoms with Gasteiger partial charge in [-0.2, -0.15) is 0 Å². The van der Waals surface area contributed by atoms with Crippen molar-refractivity contribution in [3.05, 3.63) is 29.3 Å². The van der Waals surface area contributed by atoms with Gasteiger partial charge in [0, 0.05) is 11.4 Å². The van der Waals surface area contributed by atoms with Crippen molar-refractivity contribution in [2.75, 3.05) is 26.4 Å². The highest BCUT2D eigenvalue weighted by Gasteiger charge is 2.29. The van der Waals surface area contributed by atoms with Crippen molar-refractivity contribution >= 4 is 29.2 Å². The lowest BCUT2D eigenvalue weighted by atomic mass is 10.0. The Kier molecular flexibility index (Phi) is 10.2. The van der Waals surface area contributed by atoms with Gasteiger partial charge in [-0.1, -0.05) is 11.6 Å². The highest BCUT2D eigenvalue weighted by molar-refractivity contribution is 6.30. The zero-order chi connectivity index (χ0) is 23.6. The largest absolute Gasteiger partial charge is 0.522 e. The zero-order valence-electron chi connectivity index (χ0n) is 17.1. The van der Waals surface area contributed by atoms with Crippen LogP contribution in [-0.2, 0) is 23.9 Å². The molecule has 2 N–H and O–H groups in total. The second-order valence-electron chi connectivity index (χ2n) is 7.06. The van der Waals surface area contributed by atoms with Crippen molar-refractivity contribution in [2.45, 2.75) is 44.2 Å². The van der Waals surface area contributed by atoms with Crippen LogP contribution in [0.4, 0.5) is 13.2 Å². The molecule has 1 saturated heterocycles. The molecule has 2 atom stereocenters. The van der Waals surface area contributed by atoms with E-state index in [2.05, 4.69) is 15.4 Å². The second-order valence-corrected chi connectivity index (χ2v) is 7.50. The van der Waals surface area contributed by atoms with Gasteiger partial charge in [-0.25, -0.2) is 0 Å². The number of halogens is 4. The summed E-state index contributed by atoms with van der Waals surface area (Å²) in [6, 6.07) is 6.29. The Bertz CT molecular complexity index is 768. The van der Waals surface area contributed by atoms with E-state index in [1.165, 1.54) is 0 Å². The Balaban J connectivity index is 1.58. The van der Waals surface area contributed by atoms with Crippen LogP contribution in [0.2, 0.25) is 5.02 Å². The number of carbonyl (C=O) groups excluding carboxylic acids is 3. The number of benzene rings is 1. The summed E-state index contributed by atoms with van der Waals surface area (Å²) in [6.07, 6.45) is -4.91. The van der Waals surface area contributed by atoms with Gasteiger partial charge in [-0.05, 0) is 43.5 Å². The summed E-state index contributed by atoms with van der Waals surface area (Å²) in [4.78, 5) is 35.7. The maximum absolute atomic E-state index is 12.1. The molecule has 8 nitrogen and oxygen atoms in total. The number of nitrogens with one attached hydrogen (secondary N) is 2. The zero-order valence-corrected chi connectivity index (χ0v) is 17.8. The Hall–Kier alpha value is -2.37. The monoisotopic (exact) mass is 480 g/mol. The molecule has 0 radical (unpaired) electrons. The predicted octanol–water partition coefficient (Wildman–Crippen LogP) is 2.38. The SMILES string of the molecule is O=C(CCCOC(F)(F)F)CNC(=O)[C@@H]1CC[C@@H](NC(=O)COc2ccc(Cl)cc2)CO1. The molecular formula is C20H24ClF3N2O6. The van der Waals surface area contributed by atoms with Crippen molar-refractivity contribution < 1.29 is 41.8 Å². The minimum absolute atomic E-state index is 0.0999. The quantitative estimate of drug-likeness (QED) is 0.471. The summed E-state index contributed by atoms with van der Waals surface area (Å²) in [6.45, 7) is -0.981. The van der Waals surface area contributed by atoms with E-state index in [9.17, 15) is 27.6 Å². The summed E-state index contributed by atoms with van der Waals surface area (Å²) < 4.78 is 49.9. The molecule has 12 heteroatoms. The minimum Gasteiger partial charge on any atom is -0.484 e. The molecule has 2 amide bonds. The normalized spacial score (nSPS) is 18.6. The average molecular weight is 481 g/mol. The number of hydrogen-bond donors (Lipinski definition) is 2. The van der Waals surface area contributed by atoms with Crippen LogP contribution in [0, 0.1) is 0 Å².